The summed E-state index contributed by atoms with van der Waals surface area (Å²) in [6, 6.07) is 6.77. The van der Waals surface area contributed by atoms with Gasteiger partial charge >= 0.3 is 0 Å². The SMILES string of the molecule is Cc1nc([C@@H]2CCN(Cc3cccc(F)c3)C2)nc(C)c1CC(=O)N(C)C. The molecule has 1 aromatic heterocycles. The molecule has 2 heterocycles. The van der Waals surface area contributed by atoms with Crippen molar-refractivity contribution in [2.24, 2.45) is 0 Å². The van der Waals surface area contributed by atoms with Gasteiger partial charge in [0.25, 0.3) is 0 Å². The molecule has 0 aliphatic carbocycles. The van der Waals surface area contributed by atoms with Gasteiger partial charge in [0.2, 0.25) is 5.91 Å². The number of aromatic nitrogens is 2. The molecule has 0 N–H and O–H groups in total. The second-order valence-corrected chi connectivity index (χ2v) is 7.55. The summed E-state index contributed by atoms with van der Waals surface area (Å²) in [7, 11) is 3.52. The number of carbonyl (C=O) groups excluding carboxylic acids is 1. The summed E-state index contributed by atoms with van der Waals surface area (Å²) in [5.74, 6) is 0.989. The van der Waals surface area contributed by atoms with Crippen LogP contribution in [0.2, 0.25) is 0 Å². The van der Waals surface area contributed by atoms with Crippen LogP contribution in [0.3, 0.4) is 0 Å². The van der Waals surface area contributed by atoms with E-state index in [9.17, 15) is 9.18 Å². The first kappa shape index (κ1) is 19.4. The number of hydrogen-bond acceptors (Lipinski definition) is 4. The summed E-state index contributed by atoms with van der Waals surface area (Å²) < 4.78 is 13.4. The fourth-order valence-electron chi connectivity index (χ4n) is 3.59. The number of carbonyl (C=O) groups is 1. The minimum Gasteiger partial charge on any atom is -0.349 e. The Bertz CT molecular complexity index is 814. The molecule has 1 aliphatic rings. The van der Waals surface area contributed by atoms with Crippen LogP contribution in [0.5, 0.6) is 0 Å². The number of hydrogen-bond donors (Lipinski definition) is 0. The monoisotopic (exact) mass is 370 g/mol. The largest absolute Gasteiger partial charge is 0.349 e. The van der Waals surface area contributed by atoms with Gasteiger partial charge in [-0.25, -0.2) is 14.4 Å². The molecule has 2 aromatic rings. The Morgan fingerprint density at radius 1 is 1.26 bits per heavy atom. The summed E-state index contributed by atoms with van der Waals surface area (Å²) in [5, 5.41) is 0. The molecule has 3 rings (SSSR count). The van der Waals surface area contributed by atoms with E-state index in [1.165, 1.54) is 6.07 Å². The lowest BCUT2D eigenvalue weighted by molar-refractivity contribution is -0.128. The number of rotatable bonds is 5. The highest BCUT2D eigenvalue weighted by molar-refractivity contribution is 5.78. The lowest BCUT2D eigenvalue weighted by atomic mass is 10.0. The highest BCUT2D eigenvalue weighted by atomic mass is 19.1. The van der Waals surface area contributed by atoms with E-state index in [1.54, 1.807) is 31.1 Å². The van der Waals surface area contributed by atoms with Crippen molar-refractivity contribution in [1.29, 1.82) is 0 Å². The molecular formula is C21H27FN4O. The highest BCUT2D eigenvalue weighted by Gasteiger charge is 2.27. The smallest absolute Gasteiger partial charge is 0.226 e. The molecule has 1 aliphatic heterocycles. The van der Waals surface area contributed by atoms with Gasteiger partial charge in [0.05, 0.1) is 6.42 Å². The third-order valence-electron chi connectivity index (χ3n) is 5.20. The first-order valence-corrected chi connectivity index (χ1v) is 9.34. The molecule has 27 heavy (non-hydrogen) atoms. The summed E-state index contributed by atoms with van der Waals surface area (Å²) >= 11 is 0. The lowest BCUT2D eigenvalue weighted by Crippen LogP contribution is -2.25. The second kappa shape index (κ2) is 8.13. The van der Waals surface area contributed by atoms with E-state index in [2.05, 4.69) is 4.90 Å². The number of benzene rings is 1. The van der Waals surface area contributed by atoms with Crippen LogP contribution in [0.1, 0.15) is 40.7 Å². The van der Waals surface area contributed by atoms with Crippen molar-refractivity contribution < 1.29 is 9.18 Å². The highest BCUT2D eigenvalue weighted by Crippen LogP contribution is 2.27. The average molecular weight is 370 g/mol. The summed E-state index contributed by atoms with van der Waals surface area (Å²) in [6.45, 7) is 6.46. The Morgan fingerprint density at radius 3 is 2.59 bits per heavy atom. The first-order chi connectivity index (χ1) is 12.8. The predicted octanol–water partition coefficient (Wildman–Crippen LogP) is 2.85. The van der Waals surface area contributed by atoms with Crippen LogP contribution in [0.25, 0.3) is 0 Å². The molecule has 144 valence electrons. The van der Waals surface area contributed by atoms with E-state index in [0.29, 0.717) is 6.42 Å². The Morgan fingerprint density at radius 2 is 1.96 bits per heavy atom. The van der Waals surface area contributed by atoms with Gasteiger partial charge in [0.15, 0.2) is 0 Å². The second-order valence-electron chi connectivity index (χ2n) is 7.55. The molecule has 1 fully saturated rings. The van der Waals surface area contributed by atoms with E-state index in [1.807, 2.05) is 19.9 Å². The van der Waals surface area contributed by atoms with Gasteiger partial charge in [-0.3, -0.25) is 9.69 Å². The van der Waals surface area contributed by atoms with E-state index < -0.39 is 0 Å². The topological polar surface area (TPSA) is 49.3 Å². The third-order valence-corrected chi connectivity index (χ3v) is 5.20. The van der Waals surface area contributed by atoms with Crippen molar-refractivity contribution in [1.82, 2.24) is 19.8 Å². The molecule has 1 aromatic carbocycles. The molecule has 1 amide bonds. The van der Waals surface area contributed by atoms with Gasteiger partial charge in [0, 0.05) is 50.1 Å². The van der Waals surface area contributed by atoms with Crippen LogP contribution < -0.4 is 0 Å². The maximum absolute atomic E-state index is 13.4. The maximum Gasteiger partial charge on any atom is 0.226 e. The predicted molar refractivity (Wildman–Crippen MR) is 103 cm³/mol. The zero-order chi connectivity index (χ0) is 19.6. The van der Waals surface area contributed by atoms with Crippen molar-refractivity contribution in [2.75, 3.05) is 27.2 Å². The molecule has 6 heteroatoms. The van der Waals surface area contributed by atoms with Gasteiger partial charge in [-0.15, -0.1) is 0 Å². The zero-order valence-corrected chi connectivity index (χ0v) is 16.5. The minimum atomic E-state index is -0.194. The quantitative estimate of drug-likeness (QED) is 0.812. The zero-order valence-electron chi connectivity index (χ0n) is 16.5. The maximum atomic E-state index is 13.4. The molecule has 1 saturated heterocycles. The van der Waals surface area contributed by atoms with Crippen molar-refractivity contribution in [3.8, 4) is 0 Å². The van der Waals surface area contributed by atoms with Gasteiger partial charge in [-0.05, 0) is 44.5 Å². The van der Waals surface area contributed by atoms with Crippen molar-refractivity contribution in [3.63, 3.8) is 0 Å². The Balaban J connectivity index is 1.69. The molecule has 0 spiro atoms. The minimum absolute atomic E-state index is 0.0553. The van der Waals surface area contributed by atoms with E-state index >= 15 is 0 Å². The molecule has 1 atom stereocenters. The van der Waals surface area contributed by atoms with E-state index in [0.717, 1.165) is 54.4 Å². The lowest BCUT2D eigenvalue weighted by Gasteiger charge is -2.17. The number of aryl methyl sites for hydroxylation is 2. The normalized spacial score (nSPS) is 17.3. The molecule has 0 bridgehead atoms. The summed E-state index contributed by atoms with van der Waals surface area (Å²) in [5.41, 5.74) is 3.68. The fraction of sp³-hybridized carbons (Fsp3) is 0.476. The Labute approximate surface area is 160 Å². The molecule has 5 nitrogen and oxygen atoms in total. The fourth-order valence-corrected chi connectivity index (χ4v) is 3.59. The van der Waals surface area contributed by atoms with Crippen molar-refractivity contribution in [2.45, 2.75) is 39.2 Å². The third kappa shape index (κ3) is 4.69. The number of likely N-dealkylation sites (tertiary alicyclic amines) is 1. The summed E-state index contributed by atoms with van der Waals surface area (Å²) in [4.78, 5) is 25.4. The van der Waals surface area contributed by atoms with E-state index in [-0.39, 0.29) is 17.6 Å². The van der Waals surface area contributed by atoms with Crippen LogP contribution in [-0.2, 0) is 17.8 Å². The Hall–Kier alpha value is -2.34. The van der Waals surface area contributed by atoms with Gasteiger partial charge in [-0.1, -0.05) is 12.1 Å². The van der Waals surface area contributed by atoms with Crippen molar-refractivity contribution >= 4 is 5.91 Å². The first-order valence-electron chi connectivity index (χ1n) is 9.34. The molecule has 0 radical (unpaired) electrons. The van der Waals surface area contributed by atoms with Crippen molar-refractivity contribution in [3.05, 3.63) is 58.4 Å². The number of amides is 1. The van der Waals surface area contributed by atoms with Crippen LogP contribution in [-0.4, -0.2) is 52.9 Å². The number of halogens is 1. The standard InChI is InChI=1S/C21H27FN4O/c1-14-19(11-20(27)25(3)4)15(2)24-21(23-14)17-8-9-26(13-17)12-16-6-5-7-18(22)10-16/h5-7,10,17H,8-9,11-13H2,1-4H3/t17-/m1/s1. The van der Waals surface area contributed by atoms with E-state index in [4.69, 9.17) is 9.97 Å². The van der Waals surface area contributed by atoms with Crippen LogP contribution in [0.4, 0.5) is 4.39 Å². The average Bonchev–Trinajstić information content (AvgIpc) is 3.06. The van der Waals surface area contributed by atoms with Crippen LogP contribution >= 0.6 is 0 Å². The molecule has 0 saturated carbocycles. The summed E-state index contributed by atoms with van der Waals surface area (Å²) in [6.07, 6.45) is 1.32. The van der Waals surface area contributed by atoms with Gasteiger partial charge in [0.1, 0.15) is 11.6 Å². The number of nitrogens with zero attached hydrogens (tertiary/aromatic N) is 4. The number of likely N-dealkylation sites (N-methyl/N-ethyl adjacent to an activating group) is 1. The van der Waals surface area contributed by atoms with Crippen LogP contribution in [0.15, 0.2) is 24.3 Å². The van der Waals surface area contributed by atoms with Crippen LogP contribution in [0, 0.1) is 19.7 Å². The molecule has 0 unspecified atom stereocenters. The van der Waals surface area contributed by atoms with Gasteiger partial charge < -0.3 is 4.90 Å². The van der Waals surface area contributed by atoms with Gasteiger partial charge in [-0.2, -0.15) is 0 Å². The Kier molecular flexibility index (Phi) is 5.85. The molecular weight excluding hydrogens is 343 g/mol.